The van der Waals surface area contributed by atoms with Gasteiger partial charge in [-0.3, -0.25) is 4.79 Å². The zero-order valence-corrected chi connectivity index (χ0v) is 12.2. The average Bonchev–Trinajstić information content (AvgIpc) is 2.29. The number of thiocarbonyl (C=S) groups is 1. The number of aryl methyl sites for hydroxylation is 1. The molecule has 0 aliphatic rings. The highest BCUT2D eigenvalue weighted by Gasteiger charge is 2.38. The van der Waals surface area contributed by atoms with Crippen LogP contribution in [0.5, 0.6) is 0 Å². The monoisotopic (exact) mass is 282 g/mol. The highest BCUT2D eigenvalue weighted by Crippen LogP contribution is 2.29. The van der Waals surface area contributed by atoms with Crippen molar-refractivity contribution in [1.29, 1.82) is 0 Å². The van der Waals surface area contributed by atoms with Crippen LogP contribution in [0.3, 0.4) is 0 Å². The van der Waals surface area contributed by atoms with Crippen molar-refractivity contribution in [1.82, 2.24) is 0 Å². The summed E-state index contributed by atoms with van der Waals surface area (Å²) in [6, 6.07) is 4.38. The van der Waals surface area contributed by atoms with Crippen molar-refractivity contribution in [2.24, 2.45) is 11.1 Å². The number of hydrogen-bond donors (Lipinski definition) is 2. The summed E-state index contributed by atoms with van der Waals surface area (Å²) >= 11 is 5.01. The van der Waals surface area contributed by atoms with Gasteiger partial charge in [0.15, 0.2) is 0 Å². The standard InChI is InChI=1S/C14H19FN2OS/c1-4-14(5-2,12(16)19)13(18)17-11-7-9(3)6-10(15)8-11/h6-8H,4-5H2,1-3H3,(H2,16,19)(H,17,18). The maximum atomic E-state index is 13.3. The molecular weight excluding hydrogens is 263 g/mol. The third-order valence-corrected chi connectivity index (χ3v) is 3.80. The summed E-state index contributed by atoms with van der Waals surface area (Å²) in [7, 11) is 0. The van der Waals surface area contributed by atoms with Crippen molar-refractivity contribution >= 4 is 28.8 Å². The molecule has 0 spiro atoms. The molecule has 0 aromatic heterocycles. The van der Waals surface area contributed by atoms with E-state index < -0.39 is 5.41 Å². The number of rotatable bonds is 5. The molecule has 1 rings (SSSR count). The van der Waals surface area contributed by atoms with Crippen LogP contribution in [-0.2, 0) is 4.79 Å². The van der Waals surface area contributed by atoms with Crippen molar-refractivity contribution in [3.05, 3.63) is 29.6 Å². The molecule has 19 heavy (non-hydrogen) atoms. The number of anilines is 1. The molecule has 0 aliphatic carbocycles. The second-order valence-corrected chi connectivity index (χ2v) is 5.06. The molecule has 3 nitrogen and oxygen atoms in total. The third kappa shape index (κ3) is 3.29. The second-order valence-electron chi connectivity index (χ2n) is 4.62. The lowest BCUT2D eigenvalue weighted by atomic mass is 9.81. The fourth-order valence-corrected chi connectivity index (χ4v) is 2.47. The number of amides is 1. The number of carbonyl (C=O) groups excluding carboxylic acids is 1. The minimum absolute atomic E-state index is 0.170. The van der Waals surface area contributed by atoms with Gasteiger partial charge in [0, 0.05) is 5.69 Å². The van der Waals surface area contributed by atoms with Gasteiger partial charge in [-0.25, -0.2) is 4.39 Å². The maximum absolute atomic E-state index is 13.3. The van der Waals surface area contributed by atoms with Crippen LogP contribution < -0.4 is 11.1 Å². The number of hydrogen-bond acceptors (Lipinski definition) is 2. The molecule has 0 fully saturated rings. The molecule has 0 heterocycles. The molecule has 0 saturated carbocycles. The minimum atomic E-state index is -0.879. The zero-order valence-electron chi connectivity index (χ0n) is 11.4. The summed E-state index contributed by atoms with van der Waals surface area (Å²) in [5.74, 6) is -0.667. The summed E-state index contributed by atoms with van der Waals surface area (Å²) in [5.41, 5.74) is 5.99. The van der Waals surface area contributed by atoms with E-state index in [-0.39, 0.29) is 16.7 Å². The lowest BCUT2D eigenvalue weighted by Crippen LogP contribution is -2.45. The third-order valence-electron chi connectivity index (χ3n) is 3.41. The Hall–Kier alpha value is -1.49. The topological polar surface area (TPSA) is 55.1 Å². The molecular formula is C14H19FN2OS. The van der Waals surface area contributed by atoms with Crippen LogP contribution >= 0.6 is 12.2 Å². The van der Waals surface area contributed by atoms with Gasteiger partial charge in [0.05, 0.1) is 10.4 Å². The zero-order chi connectivity index (χ0) is 14.6. The van der Waals surface area contributed by atoms with Gasteiger partial charge in [0.25, 0.3) is 0 Å². The van der Waals surface area contributed by atoms with Crippen LogP contribution in [0.25, 0.3) is 0 Å². The van der Waals surface area contributed by atoms with E-state index in [9.17, 15) is 9.18 Å². The maximum Gasteiger partial charge on any atom is 0.237 e. The smallest absolute Gasteiger partial charge is 0.237 e. The van der Waals surface area contributed by atoms with Gasteiger partial charge < -0.3 is 11.1 Å². The summed E-state index contributed by atoms with van der Waals surface area (Å²) in [5, 5.41) is 2.70. The number of halogens is 1. The van der Waals surface area contributed by atoms with Crippen molar-refractivity contribution in [3.63, 3.8) is 0 Å². The molecule has 0 radical (unpaired) electrons. The van der Waals surface area contributed by atoms with E-state index in [0.29, 0.717) is 18.5 Å². The molecule has 0 unspecified atom stereocenters. The number of nitrogens with one attached hydrogen (secondary N) is 1. The van der Waals surface area contributed by atoms with Gasteiger partial charge in [-0.05, 0) is 43.5 Å². The molecule has 104 valence electrons. The second kappa shape index (κ2) is 6.10. The normalized spacial score (nSPS) is 11.2. The highest BCUT2D eigenvalue weighted by molar-refractivity contribution is 7.80. The summed E-state index contributed by atoms with van der Waals surface area (Å²) in [4.78, 5) is 12.5. The highest BCUT2D eigenvalue weighted by atomic mass is 32.1. The van der Waals surface area contributed by atoms with Crippen LogP contribution in [0, 0.1) is 18.2 Å². The van der Waals surface area contributed by atoms with E-state index in [1.807, 2.05) is 13.8 Å². The SMILES string of the molecule is CCC(CC)(C(=O)Nc1cc(C)cc(F)c1)C(N)=S. The first-order valence-electron chi connectivity index (χ1n) is 6.24. The predicted molar refractivity (Wildman–Crippen MR) is 79.6 cm³/mol. The molecule has 0 aliphatic heterocycles. The molecule has 5 heteroatoms. The van der Waals surface area contributed by atoms with Crippen molar-refractivity contribution in [3.8, 4) is 0 Å². The summed E-state index contributed by atoms with van der Waals surface area (Å²) in [6.07, 6.45) is 1.03. The first-order chi connectivity index (χ1) is 8.85. The number of nitrogens with two attached hydrogens (primary N) is 1. The molecule has 3 N–H and O–H groups in total. The molecule has 1 aromatic carbocycles. The van der Waals surface area contributed by atoms with Crippen LogP contribution in [0.1, 0.15) is 32.3 Å². The lowest BCUT2D eigenvalue weighted by Gasteiger charge is -2.29. The predicted octanol–water partition coefficient (Wildman–Crippen LogP) is 3.17. The molecule has 0 atom stereocenters. The van der Waals surface area contributed by atoms with E-state index in [2.05, 4.69) is 5.32 Å². The Morgan fingerprint density at radius 1 is 1.37 bits per heavy atom. The van der Waals surface area contributed by atoms with Crippen LogP contribution in [-0.4, -0.2) is 10.9 Å². The fraction of sp³-hybridized carbons (Fsp3) is 0.429. The summed E-state index contributed by atoms with van der Waals surface area (Å²) in [6.45, 7) is 5.48. The number of carbonyl (C=O) groups is 1. The van der Waals surface area contributed by atoms with Gasteiger partial charge in [-0.15, -0.1) is 0 Å². The Kier molecular flexibility index (Phi) is 5.00. The van der Waals surface area contributed by atoms with Crippen LogP contribution in [0.4, 0.5) is 10.1 Å². The van der Waals surface area contributed by atoms with Crippen molar-refractivity contribution in [2.45, 2.75) is 33.6 Å². The quantitative estimate of drug-likeness (QED) is 0.816. The minimum Gasteiger partial charge on any atom is -0.392 e. The molecule has 1 aromatic rings. The summed E-state index contributed by atoms with van der Waals surface area (Å²) < 4.78 is 13.3. The molecule has 0 saturated heterocycles. The van der Waals surface area contributed by atoms with Crippen LogP contribution in [0.15, 0.2) is 18.2 Å². The first-order valence-corrected chi connectivity index (χ1v) is 6.65. The van der Waals surface area contributed by atoms with E-state index >= 15 is 0 Å². The van der Waals surface area contributed by atoms with E-state index in [0.717, 1.165) is 5.56 Å². The van der Waals surface area contributed by atoms with Crippen molar-refractivity contribution < 1.29 is 9.18 Å². The van der Waals surface area contributed by atoms with Gasteiger partial charge in [0.1, 0.15) is 5.82 Å². The fourth-order valence-electron chi connectivity index (χ4n) is 2.09. The number of benzene rings is 1. The van der Waals surface area contributed by atoms with Crippen molar-refractivity contribution in [2.75, 3.05) is 5.32 Å². The van der Waals surface area contributed by atoms with E-state index in [4.69, 9.17) is 18.0 Å². The Balaban J connectivity index is 3.03. The van der Waals surface area contributed by atoms with E-state index in [1.54, 1.807) is 13.0 Å². The Morgan fingerprint density at radius 2 is 1.95 bits per heavy atom. The van der Waals surface area contributed by atoms with Gasteiger partial charge in [0.2, 0.25) is 5.91 Å². The Labute approximate surface area is 118 Å². The Morgan fingerprint density at radius 3 is 2.37 bits per heavy atom. The van der Waals surface area contributed by atoms with E-state index in [1.165, 1.54) is 12.1 Å². The van der Waals surface area contributed by atoms with Gasteiger partial charge >= 0.3 is 0 Å². The largest absolute Gasteiger partial charge is 0.392 e. The average molecular weight is 282 g/mol. The first kappa shape index (κ1) is 15.6. The molecule has 1 amide bonds. The van der Waals surface area contributed by atoms with Gasteiger partial charge in [-0.1, -0.05) is 26.1 Å². The Bertz CT molecular complexity index is 478. The van der Waals surface area contributed by atoms with Crippen LogP contribution in [0.2, 0.25) is 0 Å². The van der Waals surface area contributed by atoms with Gasteiger partial charge in [-0.2, -0.15) is 0 Å². The lowest BCUT2D eigenvalue weighted by molar-refractivity contribution is -0.122. The molecule has 0 bridgehead atoms.